The Morgan fingerprint density at radius 3 is 2.77 bits per heavy atom. The van der Waals surface area contributed by atoms with Gasteiger partial charge in [0.25, 0.3) is 0 Å². The second-order valence-corrected chi connectivity index (χ2v) is 6.48. The monoisotopic (exact) mass is 378 g/mol. The van der Waals surface area contributed by atoms with Crippen LogP contribution in [0.1, 0.15) is 29.4 Å². The van der Waals surface area contributed by atoms with Crippen LogP contribution in [0.4, 0.5) is 0 Å². The number of carbonyl (C=O) groups excluding carboxylic acids is 2. The summed E-state index contributed by atoms with van der Waals surface area (Å²) in [6.07, 6.45) is 3.58. The molecule has 1 aromatic carbocycles. The molecule has 1 aliphatic rings. The Hall–Kier alpha value is -1.72. The zero-order valence-electron chi connectivity index (χ0n) is 11.4. The summed E-state index contributed by atoms with van der Waals surface area (Å²) < 4.78 is 0.839. The van der Waals surface area contributed by atoms with Crippen molar-refractivity contribution in [3.8, 4) is 0 Å². The number of carbonyl (C=O) groups is 2. The van der Waals surface area contributed by atoms with Crippen molar-refractivity contribution in [2.45, 2.75) is 18.3 Å². The van der Waals surface area contributed by atoms with Gasteiger partial charge in [-0.05, 0) is 29.3 Å². The zero-order valence-corrected chi connectivity index (χ0v) is 13.8. The largest absolute Gasteiger partial charge is 0.296 e. The van der Waals surface area contributed by atoms with E-state index in [9.17, 15) is 9.59 Å². The van der Waals surface area contributed by atoms with Gasteiger partial charge >= 0.3 is 0 Å². The summed E-state index contributed by atoms with van der Waals surface area (Å²) in [5, 5.41) is 2.90. The molecule has 6 heteroatoms. The quantitative estimate of drug-likeness (QED) is 0.814. The molecule has 2 aromatic rings. The summed E-state index contributed by atoms with van der Waals surface area (Å²) in [5.74, 6) is -1.38. The number of halogens is 2. The number of pyridine rings is 1. The third-order valence-corrected chi connectivity index (χ3v) is 4.58. The lowest BCUT2D eigenvalue weighted by atomic mass is 9.77. The normalized spacial score (nSPS) is 21.5. The Kier molecular flexibility index (Phi) is 4.27. The van der Waals surface area contributed by atoms with E-state index in [-0.39, 0.29) is 24.2 Å². The van der Waals surface area contributed by atoms with Crippen LogP contribution in [0.25, 0.3) is 0 Å². The third kappa shape index (κ3) is 2.91. The molecule has 2 heterocycles. The molecular formula is C16H12BrClN2O2. The number of benzene rings is 1. The summed E-state index contributed by atoms with van der Waals surface area (Å²) in [6, 6.07) is 9.08. The molecule has 0 saturated carbocycles. The highest BCUT2D eigenvalue weighted by Crippen LogP contribution is 2.41. The highest BCUT2D eigenvalue weighted by atomic mass is 79.9. The van der Waals surface area contributed by atoms with Crippen LogP contribution in [0, 0.1) is 0 Å². The molecule has 112 valence electrons. The van der Waals surface area contributed by atoms with Crippen molar-refractivity contribution in [1.29, 1.82) is 0 Å². The van der Waals surface area contributed by atoms with E-state index in [1.165, 1.54) is 0 Å². The average Bonchev–Trinajstić information content (AvgIpc) is 2.49. The van der Waals surface area contributed by atoms with E-state index in [0.29, 0.717) is 10.6 Å². The molecular weight excluding hydrogens is 368 g/mol. The first kappa shape index (κ1) is 15.2. The average molecular weight is 380 g/mol. The molecule has 0 radical (unpaired) electrons. The minimum absolute atomic E-state index is 0.231. The Balaban J connectivity index is 2.08. The number of aromatic nitrogens is 1. The highest BCUT2D eigenvalue weighted by molar-refractivity contribution is 9.10. The fraction of sp³-hybridized carbons (Fsp3) is 0.188. The van der Waals surface area contributed by atoms with Gasteiger partial charge in [0, 0.05) is 34.2 Å². The van der Waals surface area contributed by atoms with Crippen molar-refractivity contribution >= 4 is 39.3 Å². The van der Waals surface area contributed by atoms with Crippen LogP contribution in [-0.2, 0) is 9.59 Å². The van der Waals surface area contributed by atoms with Gasteiger partial charge in [-0.3, -0.25) is 19.9 Å². The smallest absolute Gasteiger partial charge is 0.234 e. The van der Waals surface area contributed by atoms with Crippen LogP contribution in [-0.4, -0.2) is 16.8 Å². The molecule has 1 fully saturated rings. The van der Waals surface area contributed by atoms with Crippen molar-refractivity contribution < 1.29 is 9.59 Å². The summed E-state index contributed by atoms with van der Waals surface area (Å²) in [5.41, 5.74) is 1.57. The molecule has 2 amide bonds. The second-order valence-electron chi connectivity index (χ2n) is 5.15. The van der Waals surface area contributed by atoms with Crippen LogP contribution in [0.3, 0.4) is 0 Å². The lowest BCUT2D eigenvalue weighted by Gasteiger charge is -2.31. The minimum atomic E-state index is -0.512. The Morgan fingerprint density at radius 2 is 2.09 bits per heavy atom. The standard InChI is InChI=1S/C16H12BrClN2O2/c17-10-3-4-11(13(18)6-10)15-12(7-14(21)20-16(15)22)9-2-1-5-19-8-9/h1-6,8,12,15H,7H2,(H,20,21,22)/t12-,15-/m0/s1. The van der Waals surface area contributed by atoms with Gasteiger partial charge in [-0.25, -0.2) is 0 Å². The van der Waals surface area contributed by atoms with Crippen molar-refractivity contribution in [3.05, 3.63) is 63.3 Å². The second kappa shape index (κ2) is 6.18. The van der Waals surface area contributed by atoms with Gasteiger partial charge in [-0.1, -0.05) is 39.7 Å². The van der Waals surface area contributed by atoms with Crippen LogP contribution >= 0.6 is 27.5 Å². The molecule has 0 spiro atoms. The summed E-state index contributed by atoms with van der Waals surface area (Å²) in [7, 11) is 0. The number of nitrogens with zero attached hydrogens (tertiary/aromatic N) is 1. The number of hydrogen-bond donors (Lipinski definition) is 1. The maximum Gasteiger partial charge on any atom is 0.234 e. The van der Waals surface area contributed by atoms with Crippen LogP contribution in [0.15, 0.2) is 47.2 Å². The van der Waals surface area contributed by atoms with Gasteiger partial charge in [-0.15, -0.1) is 0 Å². The number of rotatable bonds is 2. The first-order chi connectivity index (χ1) is 10.6. The maximum absolute atomic E-state index is 12.4. The lowest BCUT2D eigenvalue weighted by Crippen LogP contribution is -2.43. The van der Waals surface area contributed by atoms with Crippen molar-refractivity contribution in [2.24, 2.45) is 0 Å². The minimum Gasteiger partial charge on any atom is -0.296 e. The number of nitrogens with one attached hydrogen (secondary N) is 1. The highest BCUT2D eigenvalue weighted by Gasteiger charge is 2.38. The molecule has 1 aromatic heterocycles. The first-order valence-corrected chi connectivity index (χ1v) is 7.92. The molecule has 2 atom stereocenters. The van der Waals surface area contributed by atoms with E-state index in [0.717, 1.165) is 10.0 Å². The van der Waals surface area contributed by atoms with E-state index in [1.54, 1.807) is 24.5 Å². The number of hydrogen-bond acceptors (Lipinski definition) is 3. The van der Waals surface area contributed by atoms with Gasteiger partial charge in [0.2, 0.25) is 11.8 Å². The van der Waals surface area contributed by atoms with Crippen LogP contribution in [0.5, 0.6) is 0 Å². The SMILES string of the molecule is O=C1C[C@@H](c2cccnc2)[C@H](c2ccc(Br)cc2Cl)C(=O)N1. The molecule has 1 saturated heterocycles. The molecule has 0 bridgehead atoms. The van der Waals surface area contributed by atoms with Crippen LogP contribution in [0.2, 0.25) is 5.02 Å². The lowest BCUT2D eigenvalue weighted by molar-refractivity contribution is -0.135. The van der Waals surface area contributed by atoms with Gasteiger partial charge < -0.3 is 0 Å². The van der Waals surface area contributed by atoms with Crippen molar-refractivity contribution in [3.63, 3.8) is 0 Å². The first-order valence-electron chi connectivity index (χ1n) is 6.75. The van der Waals surface area contributed by atoms with Gasteiger partial charge in [0.05, 0.1) is 5.92 Å². The summed E-state index contributed by atoms with van der Waals surface area (Å²) in [6.45, 7) is 0. The third-order valence-electron chi connectivity index (χ3n) is 3.76. The molecule has 1 aliphatic heterocycles. The molecule has 1 N–H and O–H groups in total. The Morgan fingerprint density at radius 1 is 1.27 bits per heavy atom. The van der Waals surface area contributed by atoms with E-state index >= 15 is 0 Å². The Labute approximate surface area is 141 Å². The topological polar surface area (TPSA) is 59.1 Å². The molecule has 3 rings (SSSR count). The fourth-order valence-corrected chi connectivity index (χ4v) is 3.57. The number of piperidine rings is 1. The predicted octanol–water partition coefficient (Wildman–Crippen LogP) is 3.41. The van der Waals surface area contributed by atoms with Crippen molar-refractivity contribution in [1.82, 2.24) is 10.3 Å². The molecule has 0 aliphatic carbocycles. The van der Waals surface area contributed by atoms with Gasteiger partial charge in [0.15, 0.2) is 0 Å². The summed E-state index contributed by atoms with van der Waals surface area (Å²) in [4.78, 5) is 28.3. The molecule has 22 heavy (non-hydrogen) atoms. The van der Waals surface area contributed by atoms with Crippen LogP contribution < -0.4 is 5.32 Å². The number of amides is 2. The maximum atomic E-state index is 12.4. The fourth-order valence-electron chi connectivity index (χ4n) is 2.78. The van der Waals surface area contributed by atoms with Gasteiger partial charge in [-0.2, -0.15) is 0 Å². The van der Waals surface area contributed by atoms with Gasteiger partial charge in [0.1, 0.15) is 0 Å². The molecule has 4 nitrogen and oxygen atoms in total. The predicted molar refractivity (Wildman–Crippen MR) is 86.6 cm³/mol. The van der Waals surface area contributed by atoms with E-state index in [2.05, 4.69) is 26.2 Å². The zero-order chi connectivity index (χ0) is 15.7. The Bertz CT molecular complexity index is 736. The van der Waals surface area contributed by atoms with E-state index < -0.39 is 5.92 Å². The number of imide groups is 1. The van der Waals surface area contributed by atoms with Crippen molar-refractivity contribution in [2.75, 3.05) is 0 Å². The van der Waals surface area contributed by atoms with E-state index in [4.69, 9.17) is 11.6 Å². The van der Waals surface area contributed by atoms with E-state index in [1.807, 2.05) is 18.2 Å². The molecule has 0 unspecified atom stereocenters. The summed E-state index contributed by atoms with van der Waals surface area (Å²) >= 11 is 9.66.